The van der Waals surface area contributed by atoms with Crippen molar-refractivity contribution in [3.63, 3.8) is 0 Å². The summed E-state index contributed by atoms with van der Waals surface area (Å²) in [6.07, 6.45) is 1.52. The summed E-state index contributed by atoms with van der Waals surface area (Å²) in [4.78, 5) is 49.9. The van der Waals surface area contributed by atoms with E-state index in [-0.39, 0.29) is 35.2 Å². The fraction of sp³-hybridized carbons (Fsp3) is 0.148. The van der Waals surface area contributed by atoms with Crippen LogP contribution in [0.3, 0.4) is 0 Å². The maximum Gasteiger partial charge on any atom is 0.293 e. The number of amides is 3. The van der Waals surface area contributed by atoms with Gasteiger partial charge >= 0.3 is 0 Å². The van der Waals surface area contributed by atoms with Gasteiger partial charge in [0.15, 0.2) is 6.61 Å². The number of nitrogens with one attached hydrogen (secondary N) is 1. The Balaban J connectivity index is 1.47. The Morgan fingerprint density at radius 3 is 2.57 bits per heavy atom. The number of hydrogen-bond acceptors (Lipinski definition) is 7. The number of para-hydroxylation sites is 2. The lowest BCUT2D eigenvalue weighted by Gasteiger charge is -2.13. The lowest BCUT2D eigenvalue weighted by Crippen LogP contribution is -2.27. The number of hydrogen-bond donors (Lipinski definition) is 1. The van der Waals surface area contributed by atoms with Crippen LogP contribution in [0.4, 0.5) is 16.2 Å². The van der Waals surface area contributed by atoms with E-state index in [0.29, 0.717) is 17.0 Å². The number of benzene rings is 3. The van der Waals surface area contributed by atoms with Crippen molar-refractivity contribution in [3.05, 3.63) is 104 Å². The van der Waals surface area contributed by atoms with Gasteiger partial charge in [-0.05, 0) is 49.4 Å². The van der Waals surface area contributed by atoms with Gasteiger partial charge in [-0.25, -0.2) is 0 Å². The smallest absolute Gasteiger partial charge is 0.293 e. The Bertz CT molecular complexity index is 1440. The lowest BCUT2D eigenvalue weighted by atomic mass is 10.1. The summed E-state index contributed by atoms with van der Waals surface area (Å²) in [5.74, 6) is -0.536. The first-order chi connectivity index (χ1) is 17.7. The topological polar surface area (TPSA) is 119 Å². The van der Waals surface area contributed by atoms with Crippen molar-refractivity contribution in [1.29, 1.82) is 0 Å². The SMILES string of the molecule is Cc1ccc(NC(=O)COc2ccccc2/C=C2\SC(=O)N(Cc3ccccc3[N+](=O)[O-])C2=O)c(C)c1. The van der Waals surface area contributed by atoms with Crippen molar-refractivity contribution in [2.24, 2.45) is 0 Å². The average Bonchev–Trinajstić information content (AvgIpc) is 3.12. The first kappa shape index (κ1) is 25.6. The van der Waals surface area contributed by atoms with Crippen LogP contribution in [-0.4, -0.2) is 33.5 Å². The van der Waals surface area contributed by atoms with Gasteiger partial charge in [0.2, 0.25) is 0 Å². The van der Waals surface area contributed by atoms with Gasteiger partial charge < -0.3 is 10.1 Å². The number of ether oxygens (including phenoxy) is 1. The van der Waals surface area contributed by atoms with E-state index in [4.69, 9.17) is 4.74 Å². The van der Waals surface area contributed by atoms with Crippen LogP contribution in [0.5, 0.6) is 5.75 Å². The summed E-state index contributed by atoms with van der Waals surface area (Å²) in [6.45, 7) is 3.41. The van der Waals surface area contributed by atoms with Crippen molar-refractivity contribution in [3.8, 4) is 5.75 Å². The highest BCUT2D eigenvalue weighted by Gasteiger charge is 2.36. The van der Waals surface area contributed by atoms with Crippen LogP contribution in [-0.2, 0) is 16.1 Å². The Labute approximate surface area is 217 Å². The molecular formula is C27H23N3O6S. The highest BCUT2D eigenvalue weighted by molar-refractivity contribution is 8.18. The van der Waals surface area contributed by atoms with Crippen molar-refractivity contribution in [2.45, 2.75) is 20.4 Å². The minimum atomic E-state index is -0.560. The molecule has 3 aromatic carbocycles. The van der Waals surface area contributed by atoms with Gasteiger partial charge in [0.1, 0.15) is 5.75 Å². The molecule has 1 aliphatic rings. The molecule has 0 saturated carbocycles. The molecule has 0 bridgehead atoms. The molecule has 10 heteroatoms. The average molecular weight is 518 g/mol. The number of aryl methyl sites for hydroxylation is 2. The number of thioether (sulfide) groups is 1. The minimum absolute atomic E-state index is 0.152. The normalized spacial score (nSPS) is 14.2. The largest absolute Gasteiger partial charge is 0.483 e. The molecule has 4 rings (SSSR count). The Kier molecular flexibility index (Phi) is 7.69. The molecule has 1 fully saturated rings. The molecule has 3 amide bonds. The molecule has 0 aromatic heterocycles. The number of nitro groups is 1. The molecular weight excluding hydrogens is 494 g/mol. The number of carbonyl (C=O) groups is 3. The number of carbonyl (C=O) groups excluding carboxylic acids is 3. The molecule has 1 saturated heterocycles. The van der Waals surface area contributed by atoms with Crippen LogP contribution in [0.15, 0.2) is 71.6 Å². The van der Waals surface area contributed by atoms with Gasteiger partial charge in [0.25, 0.3) is 22.7 Å². The van der Waals surface area contributed by atoms with Gasteiger partial charge in [-0.15, -0.1) is 0 Å². The number of anilines is 1. The molecule has 3 aromatic rings. The Morgan fingerprint density at radius 2 is 1.81 bits per heavy atom. The monoisotopic (exact) mass is 517 g/mol. The molecule has 1 heterocycles. The minimum Gasteiger partial charge on any atom is -0.483 e. The quantitative estimate of drug-likeness (QED) is 0.239. The van der Waals surface area contributed by atoms with E-state index in [1.807, 2.05) is 32.0 Å². The molecule has 37 heavy (non-hydrogen) atoms. The van der Waals surface area contributed by atoms with Crippen LogP contribution in [0, 0.1) is 24.0 Å². The summed E-state index contributed by atoms with van der Waals surface area (Å²) in [5, 5.41) is 13.6. The molecule has 0 radical (unpaired) electrons. The van der Waals surface area contributed by atoms with Crippen LogP contribution in [0.2, 0.25) is 0 Å². The fourth-order valence-electron chi connectivity index (χ4n) is 3.79. The summed E-state index contributed by atoms with van der Waals surface area (Å²) in [6, 6.07) is 18.5. The second-order valence-corrected chi connectivity index (χ2v) is 9.34. The first-order valence-corrected chi connectivity index (χ1v) is 12.1. The van der Waals surface area contributed by atoms with E-state index in [1.165, 1.54) is 24.3 Å². The van der Waals surface area contributed by atoms with Gasteiger partial charge in [-0.3, -0.25) is 29.4 Å². The molecule has 9 nitrogen and oxygen atoms in total. The van der Waals surface area contributed by atoms with E-state index in [1.54, 1.807) is 30.3 Å². The first-order valence-electron chi connectivity index (χ1n) is 11.3. The molecule has 0 unspecified atom stereocenters. The maximum absolute atomic E-state index is 13.0. The van der Waals surface area contributed by atoms with E-state index < -0.39 is 16.1 Å². The van der Waals surface area contributed by atoms with Crippen molar-refractivity contribution >= 4 is 46.3 Å². The summed E-state index contributed by atoms with van der Waals surface area (Å²) in [5.41, 5.74) is 3.33. The molecule has 1 N–H and O–H groups in total. The van der Waals surface area contributed by atoms with Crippen molar-refractivity contribution in [1.82, 2.24) is 4.90 Å². The third-order valence-corrected chi connectivity index (χ3v) is 6.52. The summed E-state index contributed by atoms with van der Waals surface area (Å²) < 4.78 is 5.72. The number of imide groups is 1. The molecule has 188 valence electrons. The van der Waals surface area contributed by atoms with E-state index in [2.05, 4.69) is 5.32 Å². The third kappa shape index (κ3) is 6.04. The van der Waals surface area contributed by atoms with Crippen molar-refractivity contribution < 1.29 is 24.0 Å². The summed E-state index contributed by atoms with van der Waals surface area (Å²) >= 11 is 0.742. The van der Waals surface area contributed by atoms with Gasteiger partial charge in [0.05, 0.1) is 16.4 Å². The third-order valence-electron chi connectivity index (χ3n) is 5.61. The van der Waals surface area contributed by atoms with E-state index >= 15 is 0 Å². The van der Waals surface area contributed by atoms with Gasteiger partial charge in [-0.2, -0.15) is 0 Å². The van der Waals surface area contributed by atoms with Gasteiger partial charge in [0, 0.05) is 22.9 Å². The standard InChI is InChI=1S/C27H23N3O6S/c1-17-11-12-21(18(2)13-17)28-25(31)16-36-23-10-6-4-7-19(23)14-24-26(32)29(27(33)37-24)15-20-8-3-5-9-22(20)30(34)35/h3-14H,15-16H2,1-2H3,(H,28,31)/b24-14-. The second kappa shape index (κ2) is 11.1. The Morgan fingerprint density at radius 1 is 1.08 bits per heavy atom. The zero-order valence-corrected chi connectivity index (χ0v) is 20.9. The fourth-order valence-corrected chi connectivity index (χ4v) is 4.61. The van der Waals surface area contributed by atoms with E-state index in [9.17, 15) is 24.5 Å². The zero-order chi connectivity index (χ0) is 26.5. The molecule has 0 aliphatic carbocycles. The van der Waals surface area contributed by atoms with Crippen LogP contribution in [0.1, 0.15) is 22.3 Å². The van der Waals surface area contributed by atoms with Crippen LogP contribution in [0.25, 0.3) is 6.08 Å². The number of nitro benzene ring substituents is 1. The highest BCUT2D eigenvalue weighted by atomic mass is 32.2. The van der Waals surface area contributed by atoms with E-state index in [0.717, 1.165) is 27.8 Å². The molecule has 0 spiro atoms. The predicted octanol–water partition coefficient (Wildman–Crippen LogP) is 5.47. The lowest BCUT2D eigenvalue weighted by molar-refractivity contribution is -0.385. The van der Waals surface area contributed by atoms with Crippen LogP contribution < -0.4 is 10.1 Å². The second-order valence-electron chi connectivity index (χ2n) is 8.35. The van der Waals surface area contributed by atoms with Crippen molar-refractivity contribution in [2.75, 3.05) is 11.9 Å². The Hall–Kier alpha value is -4.44. The number of nitrogens with zero attached hydrogens (tertiary/aromatic N) is 2. The maximum atomic E-state index is 13.0. The van der Waals surface area contributed by atoms with Crippen LogP contribution >= 0.6 is 11.8 Å². The summed E-state index contributed by atoms with van der Waals surface area (Å²) in [7, 11) is 0. The number of rotatable bonds is 8. The van der Waals surface area contributed by atoms with Gasteiger partial charge in [-0.1, -0.05) is 54.1 Å². The molecule has 1 aliphatic heterocycles. The highest BCUT2D eigenvalue weighted by Crippen LogP contribution is 2.35. The molecule has 0 atom stereocenters. The zero-order valence-electron chi connectivity index (χ0n) is 20.1. The predicted molar refractivity (Wildman–Crippen MR) is 141 cm³/mol.